The third-order valence-electron chi connectivity index (χ3n) is 2.04. The van der Waals surface area contributed by atoms with Crippen molar-refractivity contribution in [3.05, 3.63) is 29.6 Å². The fraction of sp³-hybridized carbons (Fsp3) is 0.364. The van der Waals surface area contributed by atoms with E-state index in [0.29, 0.717) is 0 Å². The Labute approximate surface area is 114 Å². The second-order valence-corrected chi connectivity index (χ2v) is 6.33. The first kappa shape index (κ1) is 15.7. The fourth-order valence-corrected chi connectivity index (χ4v) is 1.71. The van der Waals surface area contributed by atoms with Crippen LogP contribution >= 0.6 is 10.7 Å². The summed E-state index contributed by atoms with van der Waals surface area (Å²) < 4.78 is 44.5. The molecule has 0 amide bonds. The standard InChI is InChI=1S/C11H11ClFNO4S/c12-19(15,16)7-6-17-4-5-18-11-3-1-2-10(13)9(11)8-14/h1-3H,4-7H2. The van der Waals surface area contributed by atoms with Crippen LogP contribution in [0, 0.1) is 17.1 Å². The number of ether oxygens (including phenoxy) is 2. The van der Waals surface area contributed by atoms with Crippen molar-refractivity contribution in [3.63, 3.8) is 0 Å². The third kappa shape index (κ3) is 5.87. The highest BCUT2D eigenvalue weighted by molar-refractivity contribution is 8.13. The van der Waals surface area contributed by atoms with Crippen LogP contribution in [0.4, 0.5) is 4.39 Å². The summed E-state index contributed by atoms with van der Waals surface area (Å²) in [4.78, 5) is 0. The predicted molar refractivity (Wildman–Crippen MR) is 67.1 cm³/mol. The van der Waals surface area contributed by atoms with Gasteiger partial charge in [-0.25, -0.2) is 12.8 Å². The Kier molecular flexibility index (Phi) is 6.02. The van der Waals surface area contributed by atoms with E-state index in [1.165, 1.54) is 12.1 Å². The summed E-state index contributed by atoms with van der Waals surface area (Å²) in [6.07, 6.45) is 0. The molecule has 0 heterocycles. The summed E-state index contributed by atoms with van der Waals surface area (Å²) in [7, 11) is 1.42. The first-order valence-electron chi connectivity index (χ1n) is 5.25. The number of nitrogens with zero attached hydrogens (tertiary/aromatic N) is 1. The van der Waals surface area contributed by atoms with Gasteiger partial charge in [0.15, 0.2) is 0 Å². The molecule has 5 nitrogen and oxygen atoms in total. The van der Waals surface area contributed by atoms with Crippen LogP contribution in [0.25, 0.3) is 0 Å². The number of benzene rings is 1. The molecule has 104 valence electrons. The second-order valence-electron chi connectivity index (χ2n) is 3.43. The van der Waals surface area contributed by atoms with Crippen LogP contribution in [0.15, 0.2) is 18.2 Å². The summed E-state index contributed by atoms with van der Waals surface area (Å²) >= 11 is 0. The van der Waals surface area contributed by atoms with E-state index < -0.39 is 14.9 Å². The molecule has 0 saturated carbocycles. The first-order valence-corrected chi connectivity index (χ1v) is 7.73. The Balaban J connectivity index is 2.35. The molecule has 1 rings (SSSR count). The molecule has 0 aromatic heterocycles. The van der Waals surface area contributed by atoms with E-state index in [1.54, 1.807) is 6.07 Å². The average molecular weight is 308 g/mol. The van der Waals surface area contributed by atoms with E-state index in [4.69, 9.17) is 25.4 Å². The summed E-state index contributed by atoms with van der Waals surface area (Å²) in [5.74, 6) is -0.831. The van der Waals surface area contributed by atoms with Crippen molar-refractivity contribution in [1.82, 2.24) is 0 Å². The van der Waals surface area contributed by atoms with Crippen molar-refractivity contribution in [2.75, 3.05) is 25.6 Å². The quantitative estimate of drug-likeness (QED) is 0.565. The van der Waals surface area contributed by atoms with Gasteiger partial charge in [-0.05, 0) is 12.1 Å². The number of nitriles is 1. The van der Waals surface area contributed by atoms with Crippen LogP contribution in [-0.2, 0) is 13.8 Å². The molecule has 0 saturated heterocycles. The molecule has 0 radical (unpaired) electrons. The lowest BCUT2D eigenvalue weighted by Crippen LogP contribution is -2.12. The first-order chi connectivity index (χ1) is 8.94. The van der Waals surface area contributed by atoms with Gasteiger partial charge in [0, 0.05) is 10.7 Å². The highest BCUT2D eigenvalue weighted by Gasteiger charge is 2.08. The minimum atomic E-state index is -3.57. The molecule has 19 heavy (non-hydrogen) atoms. The van der Waals surface area contributed by atoms with Gasteiger partial charge in [-0.3, -0.25) is 0 Å². The number of rotatable bonds is 7. The van der Waals surface area contributed by atoms with E-state index in [9.17, 15) is 12.8 Å². The highest BCUT2D eigenvalue weighted by atomic mass is 35.7. The molecule has 0 aliphatic rings. The van der Waals surface area contributed by atoms with Gasteiger partial charge in [0.25, 0.3) is 0 Å². The second kappa shape index (κ2) is 7.28. The normalized spacial score (nSPS) is 11.0. The average Bonchev–Trinajstić information content (AvgIpc) is 2.32. The van der Waals surface area contributed by atoms with Crippen molar-refractivity contribution in [2.45, 2.75) is 0 Å². The number of hydrogen-bond acceptors (Lipinski definition) is 5. The van der Waals surface area contributed by atoms with Gasteiger partial charge < -0.3 is 9.47 Å². The minimum absolute atomic E-state index is 0.0521. The van der Waals surface area contributed by atoms with Crippen molar-refractivity contribution in [1.29, 1.82) is 5.26 Å². The smallest absolute Gasteiger partial charge is 0.234 e. The maximum Gasteiger partial charge on any atom is 0.234 e. The van der Waals surface area contributed by atoms with Crippen LogP contribution in [0.2, 0.25) is 0 Å². The SMILES string of the molecule is N#Cc1c(F)cccc1OCCOCCS(=O)(=O)Cl. The van der Waals surface area contributed by atoms with Crippen LogP contribution in [0.3, 0.4) is 0 Å². The molecule has 8 heteroatoms. The molecular weight excluding hydrogens is 297 g/mol. The van der Waals surface area contributed by atoms with E-state index in [0.717, 1.165) is 6.07 Å². The Morgan fingerprint density at radius 3 is 2.68 bits per heavy atom. The highest BCUT2D eigenvalue weighted by Crippen LogP contribution is 2.19. The number of halogens is 2. The molecule has 0 aliphatic carbocycles. The van der Waals surface area contributed by atoms with Crippen LogP contribution in [0.5, 0.6) is 5.75 Å². The van der Waals surface area contributed by atoms with Crippen LogP contribution < -0.4 is 4.74 Å². The minimum Gasteiger partial charge on any atom is -0.490 e. The largest absolute Gasteiger partial charge is 0.490 e. The van der Waals surface area contributed by atoms with Gasteiger partial charge in [-0.2, -0.15) is 5.26 Å². The molecule has 0 atom stereocenters. The molecular formula is C11H11ClFNO4S. The summed E-state index contributed by atoms with van der Waals surface area (Å²) in [6.45, 7) is 0.123. The Hall–Kier alpha value is -1.36. The lowest BCUT2D eigenvalue weighted by molar-refractivity contribution is 0.111. The Bertz CT molecular complexity index is 571. The third-order valence-corrected chi connectivity index (χ3v) is 3.16. The molecule has 0 unspecified atom stereocenters. The van der Waals surface area contributed by atoms with E-state index in [-0.39, 0.29) is 36.9 Å². The van der Waals surface area contributed by atoms with E-state index in [1.807, 2.05) is 0 Å². The zero-order valence-electron chi connectivity index (χ0n) is 9.80. The Morgan fingerprint density at radius 2 is 2.05 bits per heavy atom. The maximum atomic E-state index is 13.2. The summed E-state index contributed by atoms with van der Waals surface area (Å²) in [5, 5.41) is 8.75. The molecule has 1 aromatic rings. The molecule has 0 fully saturated rings. The van der Waals surface area contributed by atoms with E-state index in [2.05, 4.69) is 0 Å². The van der Waals surface area contributed by atoms with Gasteiger partial charge in [0.1, 0.15) is 29.8 Å². The maximum absolute atomic E-state index is 13.2. The Morgan fingerprint density at radius 1 is 1.32 bits per heavy atom. The predicted octanol–water partition coefficient (Wildman–Crippen LogP) is 1.66. The molecule has 0 bridgehead atoms. The molecule has 0 N–H and O–H groups in total. The zero-order chi connectivity index (χ0) is 14.3. The van der Waals surface area contributed by atoms with Crippen molar-refractivity contribution in [3.8, 4) is 11.8 Å². The van der Waals surface area contributed by atoms with Crippen molar-refractivity contribution < 1.29 is 22.3 Å². The monoisotopic (exact) mass is 307 g/mol. The number of hydrogen-bond donors (Lipinski definition) is 0. The lowest BCUT2D eigenvalue weighted by Gasteiger charge is -2.08. The van der Waals surface area contributed by atoms with Gasteiger partial charge in [0.05, 0.1) is 19.0 Å². The fourth-order valence-electron chi connectivity index (χ4n) is 1.20. The van der Waals surface area contributed by atoms with Gasteiger partial charge in [-0.1, -0.05) is 6.07 Å². The molecule has 1 aromatic carbocycles. The van der Waals surface area contributed by atoms with Gasteiger partial charge >= 0.3 is 0 Å². The van der Waals surface area contributed by atoms with Gasteiger partial charge in [0.2, 0.25) is 9.05 Å². The summed E-state index contributed by atoms with van der Waals surface area (Å²) in [6, 6.07) is 5.74. The van der Waals surface area contributed by atoms with Crippen LogP contribution in [0.1, 0.15) is 5.56 Å². The van der Waals surface area contributed by atoms with Gasteiger partial charge in [-0.15, -0.1) is 0 Å². The summed E-state index contributed by atoms with van der Waals surface area (Å²) in [5.41, 5.74) is -0.175. The lowest BCUT2D eigenvalue weighted by atomic mass is 10.2. The van der Waals surface area contributed by atoms with E-state index >= 15 is 0 Å². The van der Waals surface area contributed by atoms with Crippen molar-refractivity contribution in [2.24, 2.45) is 0 Å². The zero-order valence-corrected chi connectivity index (χ0v) is 11.4. The van der Waals surface area contributed by atoms with Crippen LogP contribution in [-0.4, -0.2) is 34.0 Å². The molecule has 0 spiro atoms. The molecule has 0 aliphatic heterocycles. The topological polar surface area (TPSA) is 76.4 Å². The van der Waals surface area contributed by atoms with Crippen molar-refractivity contribution >= 4 is 19.7 Å².